The SMILES string of the molecule is CCCCCC/C(=N\S(=O)(=O)c1ccccc1)N1c2ccccc2OC1c1ccccc1. The highest BCUT2D eigenvalue weighted by atomic mass is 32.2. The van der Waals surface area contributed by atoms with Crippen molar-refractivity contribution in [2.75, 3.05) is 4.90 Å². The van der Waals surface area contributed by atoms with E-state index in [2.05, 4.69) is 11.3 Å². The molecule has 3 aromatic rings. The predicted molar refractivity (Wildman–Crippen MR) is 129 cm³/mol. The van der Waals surface area contributed by atoms with Gasteiger partial charge in [-0.05, 0) is 30.7 Å². The van der Waals surface area contributed by atoms with Gasteiger partial charge in [0.05, 0.1) is 10.6 Å². The number of ether oxygens (including phenoxy) is 1. The van der Waals surface area contributed by atoms with Crippen molar-refractivity contribution >= 4 is 21.5 Å². The van der Waals surface area contributed by atoms with Gasteiger partial charge in [-0.3, -0.25) is 4.90 Å². The average Bonchev–Trinajstić information content (AvgIpc) is 3.22. The summed E-state index contributed by atoms with van der Waals surface area (Å²) in [6, 6.07) is 25.9. The van der Waals surface area contributed by atoms with E-state index >= 15 is 0 Å². The average molecular weight is 449 g/mol. The number of rotatable bonds is 8. The van der Waals surface area contributed by atoms with Crippen LogP contribution in [-0.2, 0) is 10.0 Å². The molecule has 1 atom stereocenters. The molecule has 0 bridgehead atoms. The molecule has 0 saturated heterocycles. The molecule has 32 heavy (non-hydrogen) atoms. The number of benzene rings is 3. The smallest absolute Gasteiger partial charge is 0.283 e. The normalized spacial score (nSPS) is 16.0. The molecule has 166 valence electrons. The van der Waals surface area contributed by atoms with Crippen molar-refractivity contribution in [2.45, 2.75) is 50.2 Å². The molecule has 6 heteroatoms. The quantitative estimate of drug-likeness (QED) is 0.229. The first kappa shape index (κ1) is 22.1. The number of hydrogen-bond donors (Lipinski definition) is 0. The molecular formula is C26H28N2O3S. The first-order valence-corrected chi connectivity index (χ1v) is 12.5. The minimum Gasteiger partial charge on any atom is -0.464 e. The Balaban J connectivity index is 1.79. The highest BCUT2D eigenvalue weighted by molar-refractivity contribution is 7.90. The van der Waals surface area contributed by atoms with E-state index in [1.165, 1.54) is 0 Å². The molecule has 1 aliphatic heterocycles. The Bertz CT molecular complexity index is 1160. The van der Waals surface area contributed by atoms with Crippen molar-refractivity contribution in [2.24, 2.45) is 4.40 Å². The summed E-state index contributed by atoms with van der Waals surface area (Å²) < 4.78 is 37.0. The van der Waals surface area contributed by atoms with Crippen LogP contribution in [0.4, 0.5) is 5.69 Å². The first-order chi connectivity index (χ1) is 15.6. The van der Waals surface area contributed by atoms with Crippen molar-refractivity contribution in [3.8, 4) is 5.75 Å². The summed E-state index contributed by atoms with van der Waals surface area (Å²) >= 11 is 0. The van der Waals surface area contributed by atoms with E-state index in [0.29, 0.717) is 12.3 Å². The third-order valence-electron chi connectivity index (χ3n) is 5.48. The van der Waals surface area contributed by atoms with Crippen LogP contribution in [-0.4, -0.2) is 14.3 Å². The Morgan fingerprint density at radius 1 is 0.875 bits per heavy atom. The molecule has 0 fully saturated rings. The lowest BCUT2D eigenvalue weighted by molar-refractivity contribution is 0.242. The number of unbranched alkanes of at least 4 members (excludes halogenated alkanes) is 3. The van der Waals surface area contributed by atoms with Crippen molar-refractivity contribution < 1.29 is 13.2 Å². The molecule has 0 N–H and O–H groups in total. The lowest BCUT2D eigenvalue weighted by Gasteiger charge is -2.27. The molecule has 0 aliphatic carbocycles. The van der Waals surface area contributed by atoms with Gasteiger partial charge in [-0.15, -0.1) is 4.40 Å². The number of sulfonamides is 1. The number of anilines is 1. The number of nitrogens with zero attached hydrogens (tertiary/aromatic N) is 2. The van der Waals surface area contributed by atoms with Gasteiger partial charge in [0.1, 0.15) is 11.6 Å². The largest absolute Gasteiger partial charge is 0.464 e. The summed E-state index contributed by atoms with van der Waals surface area (Å²) in [5.74, 6) is 1.23. The minimum atomic E-state index is -3.86. The van der Waals surface area contributed by atoms with Gasteiger partial charge in [0.2, 0.25) is 6.23 Å². The fourth-order valence-corrected chi connectivity index (χ4v) is 4.93. The van der Waals surface area contributed by atoms with E-state index in [4.69, 9.17) is 4.74 Å². The number of fused-ring (bicyclic) bond motifs is 1. The van der Waals surface area contributed by atoms with Crippen LogP contribution < -0.4 is 9.64 Å². The monoisotopic (exact) mass is 448 g/mol. The fourth-order valence-electron chi connectivity index (χ4n) is 3.87. The van der Waals surface area contributed by atoms with Gasteiger partial charge >= 0.3 is 0 Å². The lowest BCUT2D eigenvalue weighted by Crippen LogP contribution is -2.34. The van der Waals surface area contributed by atoms with Gasteiger partial charge in [-0.25, -0.2) is 0 Å². The summed E-state index contributed by atoms with van der Waals surface area (Å²) in [6.07, 6.45) is 4.17. The molecule has 0 aromatic heterocycles. The Hall–Kier alpha value is -3.12. The third-order valence-corrected chi connectivity index (χ3v) is 6.80. The van der Waals surface area contributed by atoms with Gasteiger partial charge in [0.25, 0.3) is 10.0 Å². The van der Waals surface area contributed by atoms with Gasteiger partial charge in [0.15, 0.2) is 0 Å². The second kappa shape index (κ2) is 10.0. The molecule has 0 spiro atoms. The predicted octanol–water partition coefficient (Wildman–Crippen LogP) is 6.34. The molecule has 3 aromatic carbocycles. The van der Waals surface area contributed by atoms with Crippen molar-refractivity contribution in [3.05, 3.63) is 90.5 Å². The van der Waals surface area contributed by atoms with Crippen LogP contribution in [0.25, 0.3) is 0 Å². The number of amidine groups is 1. The molecule has 0 saturated carbocycles. The minimum absolute atomic E-state index is 0.190. The number of hydrogen-bond acceptors (Lipinski definition) is 3. The summed E-state index contributed by atoms with van der Waals surface area (Å²) in [5, 5.41) is 0. The zero-order valence-corrected chi connectivity index (χ0v) is 19.0. The Morgan fingerprint density at radius 3 is 2.25 bits per heavy atom. The van der Waals surface area contributed by atoms with Crippen LogP contribution in [0.2, 0.25) is 0 Å². The molecule has 1 unspecified atom stereocenters. The van der Waals surface area contributed by atoms with E-state index < -0.39 is 16.3 Å². The molecular weight excluding hydrogens is 420 g/mol. The Labute approximate surface area is 190 Å². The summed E-state index contributed by atoms with van der Waals surface area (Å²) in [4.78, 5) is 2.13. The van der Waals surface area contributed by atoms with E-state index in [1.54, 1.807) is 30.3 Å². The standard InChI is InChI=1S/C26H28N2O3S/c1-2-3-4-11-20-25(27-32(29,30)22-16-9-6-10-17-22)28-23-18-12-13-19-24(23)31-26(28)21-14-7-5-8-15-21/h5-10,12-19,26H,2-4,11,20H2,1H3/b27-25+. The first-order valence-electron chi connectivity index (χ1n) is 11.1. The maximum Gasteiger partial charge on any atom is 0.283 e. The highest BCUT2D eigenvalue weighted by Gasteiger charge is 2.36. The van der Waals surface area contributed by atoms with Crippen LogP contribution in [0, 0.1) is 0 Å². The van der Waals surface area contributed by atoms with Crippen LogP contribution in [0.15, 0.2) is 94.2 Å². The van der Waals surface area contributed by atoms with Crippen LogP contribution >= 0.6 is 0 Å². The third kappa shape index (κ3) is 4.86. The van der Waals surface area contributed by atoms with Crippen LogP contribution in [0.3, 0.4) is 0 Å². The van der Waals surface area contributed by atoms with E-state index in [0.717, 1.165) is 42.7 Å². The van der Waals surface area contributed by atoms with Crippen molar-refractivity contribution in [3.63, 3.8) is 0 Å². The fraction of sp³-hybridized carbons (Fsp3) is 0.269. The second-order valence-corrected chi connectivity index (χ2v) is 9.43. The molecule has 1 aliphatic rings. The summed E-state index contributed by atoms with van der Waals surface area (Å²) in [6.45, 7) is 2.16. The summed E-state index contributed by atoms with van der Waals surface area (Å²) in [7, 11) is -3.86. The van der Waals surface area contributed by atoms with Gasteiger partial charge in [-0.1, -0.05) is 86.8 Å². The zero-order valence-electron chi connectivity index (χ0n) is 18.2. The lowest BCUT2D eigenvalue weighted by atomic mass is 10.1. The Morgan fingerprint density at radius 2 is 1.53 bits per heavy atom. The van der Waals surface area contributed by atoms with Gasteiger partial charge in [0, 0.05) is 12.0 Å². The molecule has 4 rings (SSSR count). The zero-order chi connectivity index (χ0) is 22.4. The maximum atomic E-state index is 13.2. The van der Waals surface area contributed by atoms with Crippen LogP contribution in [0.1, 0.15) is 50.8 Å². The van der Waals surface area contributed by atoms with Gasteiger partial charge < -0.3 is 4.74 Å². The Kier molecular flexibility index (Phi) is 6.90. The molecule has 1 heterocycles. The van der Waals surface area contributed by atoms with E-state index in [-0.39, 0.29) is 4.90 Å². The maximum absolute atomic E-state index is 13.2. The second-order valence-electron chi connectivity index (χ2n) is 7.82. The van der Waals surface area contributed by atoms with E-state index in [9.17, 15) is 8.42 Å². The van der Waals surface area contributed by atoms with E-state index in [1.807, 2.05) is 59.5 Å². The molecule has 0 amide bonds. The topological polar surface area (TPSA) is 59.0 Å². The van der Waals surface area contributed by atoms with Gasteiger partial charge in [-0.2, -0.15) is 8.42 Å². The molecule has 0 radical (unpaired) electrons. The number of para-hydroxylation sites is 2. The summed E-state index contributed by atoms with van der Waals surface area (Å²) in [5.41, 5.74) is 1.78. The molecule has 5 nitrogen and oxygen atoms in total. The van der Waals surface area contributed by atoms with Crippen LogP contribution in [0.5, 0.6) is 5.75 Å². The van der Waals surface area contributed by atoms with Crippen molar-refractivity contribution in [1.82, 2.24) is 0 Å². The van der Waals surface area contributed by atoms with Crippen molar-refractivity contribution in [1.29, 1.82) is 0 Å². The highest BCUT2D eigenvalue weighted by Crippen LogP contribution is 2.44.